The highest BCUT2D eigenvalue weighted by Crippen LogP contribution is 2.38. The molecule has 6 nitrogen and oxygen atoms in total. The van der Waals surface area contributed by atoms with Crippen LogP contribution in [0.15, 0.2) is 18.3 Å². The maximum Gasteiger partial charge on any atom is 0.330 e. The van der Waals surface area contributed by atoms with Gasteiger partial charge in [-0.05, 0) is 60.8 Å². The van der Waals surface area contributed by atoms with Crippen molar-refractivity contribution < 1.29 is 4.79 Å². The van der Waals surface area contributed by atoms with Crippen LogP contribution in [0.25, 0.3) is 0 Å². The fraction of sp³-hybridized carbons (Fsp3) is 0.412. The van der Waals surface area contributed by atoms with Crippen LogP contribution in [-0.4, -0.2) is 15.8 Å². The molecule has 0 saturated carbocycles. The SMILES string of the molecule is Cn1ccc(NSNC(=O)Nc2c3c(cc4c2CCC4)CCC3)n1. The Kier molecular flexibility index (Phi) is 4.10. The molecule has 1 aromatic heterocycles. The minimum absolute atomic E-state index is 0.196. The summed E-state index contributed by atoms with van der Waals surface area (Å²) in [7, 11) is 1.85. The molecule has 0 bridgehead atoms. The Hall–Kier alpha value is -2.15. The van der Waals surface area contributed by atoms with E-state index in [1.807, 2.05) is 19.3 Å². The number of aryl methyl sites for hydroxylation is 3. The number of hydrogen-bond acceptors (Lipinski definition) is 4. The fourth-order valence-electron chi connectivity index (χ4n) is 3.70. The molecule has 126 valence electrons. The van der Waals surface area contributed by atoms with Crippen molar-refractivity contribution in [2.24, 2.45) is 7.05 Å². The lowest BCUT2D eigenvalue weighted by Gasteiger charge is -2.16. The molecule has 0 aliphatic heterocycles. The van der Waals surface area contributed by atoms with Crippen LogP contribution in [0, 0.1) is 0 Å². The smallest absolute Gasteiger partial charge is 0.307 e. The number of urea groups is 1. The maximum atomic E-state index is 12.3. The van der Waals surface area contributed by atoms with Crippen molar-refractivity contribution in [3.05, 3.63) is 40.6 Å². The van der Waals surface area contributed by atoms with Crippen LogP contribution in [-0.2, 0) is 32.7 Å². The fourth-order valence-corrected chi connectivity index (χ4v) is 4.11. The molecule has 0 radical (unpaired) electrons. The van der Waals surface area contributed by atoms with Gasteiger partial charge < -0.3 is 5.32 Å². The molecule has 2 aromatic rings. The lowest BCUT2D eigenvalue weighted by molar-refractivity contribution is 0.257. The molecule has 1 heterocycles. The van der Waals surface area contributed by atoms with E-state index in [0.29, 0.717) is 5.82 Å². The van der Waals surface area contributed by atoms with Gasteiger partial charge in [-0.15, -0.1) is 0 Å². The maximum absolute atomic E-state index is 12.3. The molecule has 0 unspecified atom stereocenters. The quantitative estimate of drug-likeness (QED) is 0.746. The molecular formula is C17H21N5OS. The van der Waals surface area contributed by atoms with Crippen molar-refractivity contribution in [2.75, 3.05) is 10.0 Å². The molecule has 24 heavy (non-hydrogen) atoms. The monoisotopic (exact) mass is 343 g/mol. The minimum Gasteiger partial charge on any atom is -0.307 e. The van der Waals surface area contributed by atoms with Gasteiger partial charge in [-0.2, -0.15) is 5.10 Å². The van der Waals surface area contributed by atoms with Gasteiger partial charge in [0.1, 0.15) is 0 Å². The number of hydrogen-bond donors (Lipinski definition) is 3. The van der Waals surface area contributed by atoms with Gasteiger partial charge in [0.15, 0.2) is 5.82 Å². The second kappa shape index (κ2) is 6.39. The number of rotatable bonds is 4. The third kappa shape index (κ3) is 2.96. The van der Waals surface area contributed by atoms with E-state index in [1.165, 1.54) is 35.1 Å². The third-order valence-electron chi connectivity index (χ3n) is 4.72. The van der Waals surface area contributed by atoms with Gasteiger partial charge in [-0.3, -0.25) is 14.1 Å². The number of fused-ring (bicyclic) bond motifs is 2. The summed E-state index contributed by atoms with van der Waals surface area (Å²) in [6.45, 7) is 0. The van der Waals surface area contributed by atoms with Crippen molar-refractivity contribution >= 4 is 29.7 Å². The number of nitrogens with one attached hydrogen (secondary N) is 3. The largest absolute Gasteiger partial charge is 0.330 e. The Bertz CT molecular complexity index is 753. The molecule has 0 saturated heterocycles. The van der Waals surface area contributed by atoms with Crippen LogP contribution in [0.2, 0.25) is 0 Å². The van der Waals surface area contributed by atoms with E-state index < -0.39 is 0 Å². The Morgan fingerprint density at radius 2 is 1.88 bits per heavy atom. The predicted molar refractivity (Wildman–Crippen MR) is 97.1 cm³/mol. The topological polar surface area (TPSA) is 71.0 Å². The third-order valence-corrected chi connectivity index (χ3v) is 5.32. The van der Waals surface area contributed by atoms with Crippen LogP contribution in [0.3, 0.4) is 0 Å². The molecule has 0 atom stereocenters. The van der Waals surface area contributed by atoms with Crippen LogP contribution in [0.1, 0.15) is 35.1 Å². The first-order valence-electron chi connectivity index (χ1n) is 8.35. The molecule has 7 heteroatoms. The number of nitrogens with zero attached hydrogens (tertiary/aromatic N) is 2. The predicted octanol–water partition coefficient (Wildman–Crippen LogP) is 3.19. The second-order valence-electron chi connectivity index (χ2n) is 6.37. The van der Waals surface area contributed by atoms with Crippen molar-refractivity contribution in [1.29, 1.82) is 0 Å². The van der Waals surface area contributed by atoms with Gasteiger partial charge in [0.25, 0.3) is 0 Å². The summed E-state index contributed by atoms with van der Waals surface area (Å²) in [5.74, 6) is 0.712. The van der Waals surface area contributed by atoms with E-state index in [9.17, 15) is 4.79 Å². The van der Waals surface area contributed by atoms with Gasteiger partial charge in [0.05, 0.1) is 12.1 Å². The zero-order chi connectivity index (χ0) is 16.5. The summed E-state index contributed by atoms with van der Waals surface area (Å²) in [5, 5.41) is 7.30. The zero-order valence-corrected chi connectivity index (χ0v) is 14.5. The van der Waals surface area contributed by atoms with Crippen molar-refractivity contribution in [2.45, 2.75) is 38.5 Å². The normalized spacial score (nSPS) is 15.0. The highest BCUT2D eigenvalue weighted by molar-refractivity contribution is 7.99. The number of carbonyl (C=O) groups excluding carboxylic acids is 1. The molecule has 0 fully saturated rings. The highest BCUT2D eigenvalue weighted by Gasteiger charge is 2.24. The van der Waals surface area contributed by atoms with Gasteiger partial charge in [0.2, 0.25) is 0 Å². The summed E-state index contributed by atoms with van der Waals surface area (Å²) >= 11 is 1.13. The first kappa shape index (κ1) is 15.4. The molecule has 2 aliphatic carbocycles. The molecule has 2 amide bonds. The summed E-state index contributed by atoms with van der Waals surface area (Å²) in [4.78, 5) is 12.3. The van der Waals surface area contributed by atoms with Gasteiger partial charge in [0, 0.05) is 25.0 Å². The first-order chi connectivity index (χ1) is 11.7. The van der Waals surface area contributed by atoms with E-state index >= 15 is 0 Å². The van der Waals surface area contributed by atoms with Crippen LogP contribution < -0.4 is 14.8 Å². The highest BCUT2D eigenvalue weighted by atomic mass is 32.2. The Morgan fingerprint density at radius 3 is 2.50 bits per heavy atom. The zero-order valence-electron chi connectivity index (χ0n) is 13.7. The summed E-state index contributed by atoms with van der Waals surface area (Å²) < 4.78 is 7.48. The van der Waals surface area contributed by atoms with Crippen molar-refractivity contribution in [3.63, 3.8) is 0 Å². The molecule has 2 aliphatic rings. The Labute approximate surface area is 145 Å². The Morgan fingerprint density at radius 1 is 1.17 bits per heavy atom. The Balaban J connectivity index is 1.42. The van der Waals surface area contributed by atoms with Crippen LogP contribution >= 0.6 is 12.1 Å². The average Bonchev–Trinajstić information content (AvgIpc) is 3.27. The van der Waals surface area contributed by atoms with Gasteiger partial charge in [-0.25, -0.2) is 4.79 Å². The van der Waals surface area contributed by atoms with Gasteiger partial charge in [-0.1, -0.05) is 6.07 Å². The van der Waals surface area contributed by atoms with Crippen molar-refractivity contribution in [1.82, 2.24) is 14.5 Å². The standard InChI is InChI=1S/C17H21N5OS/c1-22-9-8-15(19-22)20-24-21-17(23)18-16-13-6-2-4-11(13)10-12-5-3-7-14(12)16/h8-10H,2-7H2,1H3,(H,19,20)(H2,18,21,23). The van der Waals surface area contributed by atoms with Crippen molar-refractivity contribution in [3.8, 4) is 0 Å². The van der Waals surface area contributed by atoms with E-state index in [4.69, 9.17) is 0 Å². The second-order valence-corrected chi connectivity index (χ2v) is 6.98. The number of carbonyl (C=O) groups is 1. The summed E-state index contributed by atoms with van der Waals surface area (Å²) in [5.41, 5.74) is 6.59. The van der Waals surface area contributed by atoms with E-state index in [1.54, 1.807) is 4.68 Å². The van der Waals surface area contributed by atoms with Gasteiger partial charge >= 0.3 is 6.03 Å². The molecule has 0 spiro atoms. The lowest BCUT2D eigenvalue weighted by atomic mass is 9.99. The summed E-state index contributed by atoms with van der Waals surface area (Å²) in [6.07, 6.45) is 8.62. The first-order valence-corrected chi connectivity index (χ1v) is 9.17. The lowest BCUT2D eigenvalue weighted by Crippen LogP contribution is -2.25. The van der Waals surface area contributed by atoms with Crippen LogP contribution in [0.4, 0.5) is 16.3 Å². The number of aromatic nitrogens is 2. The molecular weight excluding hydrogens is 322 g/mol. The number of benzene rings is 1. The van der Waals surface area contributed by atoms with Crippen LogP contribution in [0.5, 0.6) is 0 Å². The molecule has 4 rings (SSSR count). The van der Waals surface area contributed by atoms with E-state index in [0.717, 1.165) is 43.5 Å². The average molecular weight is 343 g/mol. The molecule has 3 N–H and O–H groups in total. The number of amides is 2. The number of anilines is 2. The molecule has 1 aromatic carbocycles. The van der Waals surface area contributed by atoms with E-state index in [2.05, 4.69) is 25.9 Å². The van der Waals surface area contributed by atoms with E-state index in [-0.39, 0.29) is 6.03 Å². The summed E-state index contributed by atoms with van der Waals surface area (Å²) in [6, 6.07) is 4.02. The minimum atomic E-state index is -0.196.